The Morgan fingerprint density at radius 3 is 2.10 bits per heavy atom. The van der Waals surface area contributed by atoms with Gasteiger partial charge < -0.3 is 0 Å². The van der Waals surface area contributed by atoms with Crippen molar-refractivity contribution in [1.82, 2.24) is 0 Å². The van der Waals surface area contributed by atoms with Crippen molar-refractivity contribution in [1.29, 1.82) is 0 Å². The van der Waals surface area contributed by atoms with Crippen LogP contribution in [0.5, 0.6) is 0 Å². The lowest BCUT2D eigenvalue weighted by molar-refractivity contribution is 0.511. The fraction of sp³-hybridized carbons (Fsp3) is 0.111. The van der Waals surface area contributed by atoms with Gasteiger partial charge in [-0.25, -0.2) is 13.2 Å². The van der Waals surface area contributed by atoms with Crippen LogP contribution in [0.1, 0.15) is 12.5 Å². The first-order valence-electron chi connectivity index (χ1n) is 6.76. The Bertz CT molecular complexity index is 822. The highest BCUT2D eigenvalue weighted by atomic mass is 19.2. The summed E-state index contributed by atoms with van der Waals surface area (Å²) in [5, 5.41) is 1.13. The Labute approximate surface area is 120 Å². The van der Waals surface area contributed by atoms with Gasteiger partial charge in [-0.1, -0.05) is 31.2 Å². The summed E-state index contributed by atoms with van der Waals surface area (Å²) in [7, 11) is 0. The first-order valence-corrected chi connectivity index (χ1v) is 6.76. The molecule has 0 bridgehead atoms. The zero-order chi connectivity index (χ0) is 15.0. The maximum Gasteiger partial charge on any atom is 0.159 e. The molecule has 0 aliphatic rings. The van der Waals surface area contributed by atoms with Crippen LogP contribution in [0.2, 0.25) is 0 Å². The summed E-state index contributed by atoms with van der Waals surface area (Å²) in [6, 6.07) is 12.4. The third kappa shape index (κ3) is 2.51. The van der Waals surface area contributed by atoms with Crippen LogP contribution in [0.15, 0.2) is 48.5 Å². The molecule has 21 heavy (non-hydrogen) atoms. The van der Waals surface area contributed by atoms with E-state index in [9.17, 15) is 13.2 Å². The molecule has 106 valence electrons. The summed E-state index contributed by atoms with van der Waals surface area (Å²) < 4.78 is 40.6. The van der Waals surface area contributed by atoms with Crippen molar-refractivity contribution in [3.63, 3.8) is 0 Å². The van der Waals surface area contributed by atoms with E-state index in [0.29, 0.717) is 21.9 Å². The number of hydrogen-bond acceptors (Lipinski definition) is 0. The Balaban J connectivity index is 2.15. The standard InChI is InChI=1S/C18H13F3/c1-2-11-3-6-15(16(19)7-11)13-5-4-12-9-17(20)18(21)10-14(12)8-13/h3-10H,2H2,1H3. The van der Waals surface area contributed by atoms with Gasteiger partial charge in [0.2, 0.25) is 0 Å². The molecular weight excluding hydrogens is 273 g/mol. The van der Waals surface area contributed by atoms with Crippen LogP contribution >= 0.6 is 0 Å². The van der Waals surface area contributed by atoms with E-state index in [1.165, 1.54) is 6.07 Å². The van der Waals surface area contributed by atoms with Crippen molar-refractivity contribution in [2.45, 2.75) is 13.3 Å². The van der Waals surface area contributed by atoms with Gasteiger partial charge in [-0.2, -0.15) is 0 Å². The van der Waals surface area contributed by atoms with E-state index in [4.69, 9.17) is 0 Å². The van der Waals surface area contributed by atoms with Gasteiger partial charge in [-0.15, -0.1) is 0 Å². The number of hydrogen-bond donors (Lipinski definition) is 0. The fourth-order valence-corrected chi connectivity index (χ4v) is 2.42. The monoisotopic (exact) mass is 286 g/mol. The van der Waals surface area contributed by atoms with Crippen LogP contribution in [-0.4, -0.2) is 0 Å². The van der Waals surface area contributed by atoms with Crippen LogP contribution in [0.4, 0.5) is 13.2 Å². The second-order valence-electron chi connectivity index (χ2n) is 5.00. The van der Waals surface area contributed by atoms with E-state index in [0.717, 1.165) is 24.1 Å². The van der Waals surface area contributed by atoms with Gasteiger partial charge in [0.25, 0.3) is 0 Å². The van der Waals surface area contributed by atoms with E-state index in [-0.39, 0.29) is 5.82 Å². The molecule has 0 spiro atoms. The van der Waals surface area contributed by atoms with Crippen molar-refractivity contribution in [2.75, 3.05) is 0 Å². The molecule has 0 saturated heterocycles. The SMILES string of the molecule is CCc1ccc(-c2ccc3cc(F)c(F)cc3c2)c(F)c1. The number of benzene rings is 3. The zero-order valence-corrected chi connectivity index (χ0v) is 11.5. The zero-order valence-electron chi connectivity index (χ0n) is 11.5. The highest BCUT2D eigenvalue weighted by molar-refractivity contribution is 5.87. The summed E-state index contributed by atoms with van der Waals surface area (Å²) >= 11 is 0. The van der Waals surface area contributed by atoms with E-state index in [1.54, 1.807) is 24.3 Å². The second kappa shape index (κ2) is 5.24. The summed E-state index contributed by atoms with van der Waals surface area (Å²) in [4.78, 5) is 0. The van der Waals surface area contributed by atoms with Crippen molar-refractivity contribution in [3.05, 3.63) is 71.5 Å². The lowest BCUT2D eigenvalue weighted by Gasteiger charge is -2.07. The highest BCUT2D eigenvalue weighted by Crippen LogP contribution is 2.28. The molecule has 0 radical (unpaired) electrons. The van der Waals surface area contributed by atoms with Gasteiger partial charge in [-0.3, -0.25) is 0 Å². The van der Waals surface area contributed by atoms with Crippen LogP contribution < -0.4 is 0 Å². The lowest BCUT2D eigenvalue weighted by Crippen LogP contribution is -1.89. The molecule has 3 rings (SSSR count). The third-order valence-electron chi connectivity index (χ3n) is 3.63. The van der Waals surface area contributed by atoms with Crippen molar-refractivity contribution in [3.8, 4) is 11.1 Å². The molecule has 0 heterocycles. The maximum atomic E-state index is 14.1. The highest BCUT2D eigenvalue weighted by Gasteiger charge is 2.09. The van der Waals surface area contributed by atoms with Gasteiger partial charge in [-0.05, 0) is 52.6 Å². The van der Waals surface area contributed by atoms with Crippen molar-refractivity contribution < 1.29 is 13.2 Å². The van der Waals surface area contributed by atoms with E-state index in [1.807, 2.05) is 13.0 Å². The molecule has 0 aliphatic carbocycles. The van der Waals surface area contributed by atoms with Gasteiger partial charge in [0, 0.05) is 5.56 Å². The molecule has 0 amide bonds. The van der Waals surface area contributed by atoms with E-state index < -0.39 is 11.6 Å². The fourth-order valence-electron chi connectivity index (χ4n) is 2.42. The molecule has 3 aromatic rings. The molecule has 0 aliphatic heterocycles. The van der Waals surface area contributed by atoms with Crippen molar-refractivity contribution in [2.24, 2.45) is 0 Å². The third-order valence-corrected chi connectivity index (χ3v) is 3.63. The number of fused-ring (bicyclic) bond motifs is 1. The Morgan fingerprint density at radius 2 is 1.43 bits per heavy atom. The number of aryl methyl sites for hydroxylation is 1. The first kappa shape index (κ1) is 13.7. The topological polar surface area (TPSA) is 0 Å². The minimum Gasteiger partial charge on any atom is -0.206 e. The quantitative estimate of drug-likeness (QED) is 0.584. The normalized spacial score (nSPS) is 11.0. The molecule has 0 aromatic heterocycles. The average Bonchev–Trinajstić information content (AvgIpc) is 2.48. The molecule has 0 nitrogen and oxygen atoms in total. The van der Waals surface area contributed by atoms with Gasteiger partial charge in [0.15, 0.2) is 11.6 Å². The molecule has 0 saturated carbocycles. The van der Waals surface area contributed by atoms with Gasteiger partial charge >= 0.3 is 0 Å². The Hall–Kier alpha value is -2.29. The first-order chi connectivity index (χ1) is 10.1. The average molecular weight is 286 g/mol. The summed E-state index contributed by atoms with van der Waals surface area (Å²) in [5.41, 5.74) is 2.03. The Kier molecular flexibility index (Phi) is 3.42. The summed E-state index contributed by atoms with van der Waals surface area (Å²) in [6.07, 6.45) is 0.763. The molecule has 3 aromatic carbocycles. The smallest absolute Gasteiger partial charge is 0.159 e. The minimum atomic E-state index is -0.901. The molecule has 0 atom stereocenters. The molecular formula is C18H13F3. The van der Waals surface area contributed by atoms with Crippen LogP contribution in [0.3, 0.4) is 0 Å². The number of halogens is 3. The second-order valence-corrected chi connectivity index (χ2v) is 5.00. The van der Waals surface area contributed by atoms with Gasteiger partial charge in [0.05, 0.1) is 0 Å². The molecule has 0 fully saturated rings. The van der Waals surface area contributed by atoms with Crippen molar-refractivity contribution >= 4 is 10.8 Å². The molecule has 0 N–H and O–H groups in total. The van der Waals surface area contributed by atoms with E-state index >= 15 is 0 Å². The maximum absolute atomic E-state index is 14.1. The largest absolute Gasteiger partial charge is 0.206 e. The summed E-state index contributed by atoms with van der Waals surface area (Å²) in [6.45, 7) is 1.96. The van der Waals surface area contributed by atoms with Crippen LogP contribution in [0, 0.1) is 17.5 Å². The van der Waals surface area contributed by atoms with Crippen LogP contribution in [-0.2, 0) is 6.42 Å². The predicted octanol–water partition coefficient (Wildman–Crippen LogP) is 5.49. The molecule has 3 heteroatoms. The van der Waals surface area contributed by atoms with Crippen LogP contribution in [0.25, 0.3) is 21.9 Å². The summed E-state index contributed by atoms with van der Waals surface area (Å²) in [5.74, 6) is -2.09. The Morgan fingerprint density at radius 1 is 0.714 bits per heavy atom. The van der Waals surface area contributed by atoms with E-state index in [2.05, 4.69) is 0 Å². The minimum absolute atomic E-state index is 0.309. The molecule has 0 unspecified atom stereocenters. The number of rotatable bonds is 2. The van der Waals surface area contributed by atoms with Gasteiger partial charge in [0.1, 0.15) is 5.82 Å². The predicted molar refractivity (Wildman–Crippen MR) is 78.6 cm³/mol. The lowest BCUT2D eigenvalue weighted by atomic mass is 9.99.